The third kappa shape index (κ3) is 3.00. The Bertz CT molecular complexity index is 463. The lowest BCUT2D eigenvalue weighted by molar-refractivity contribution is -0.144. The van der Waals surface area contributed by atoms with Gasteiger partial charge in [-0.15, -0.1) is 0 Å². The van der Waals surface area contributed by atoms with Gasteiger partial charge in [0.2, 0.25) is 0 Å². The highest BCUT2D eigenvalue weighted by atomic mass is 16.4. The number of likely N-dealkylation sites (tertiary alicyclic amines) is 1. The van der Waals surface area contributed by atoms with E-state index in [4.69, 9.17) is 5.73 Å². The Labute approximate surface area is 120 Å². The van der Waals surface area contributed by atoms with E-state index in [9.17, 15) is 9.90 Å². The number of likely N-dealkylation sites (N-methyl/N-ethyl adjacent to an activating group) is 1. The Hall–Kier alpha value is -1.43. The molecule has 0 spiro atoms. The minimum absolute atomic E-state index is 0.344. The Morgan fingerprint density at radius 3 is 2.60 bits per heavy atom. The number of rotatable bonds is 5. The second-order valence-corrected chi connectivity index (χ2v) is 5.78. The fourth-order valence-corrected chi connectivity index (χ4v) is 2.75. The lowest BCUT2D eigenvalue weighted by Crippen LogP contribution is -2.53. The molecule has 1 aromatic carbocycles. The average Bonchev–Trinajstić information content (AvgIpc) is 2.88. The predicted molar refractivity (Wildman–Crippen MR) is 78.5 cm³/mol. The van der Waals surface area contributed by atoms with Crippen molar-refractivity contribution in [1.82, 2.24) is 9.80 Å². The van der Waals surface area contributed by atoms with Gasteiger partial charge in [-0.2, -0.15) is 0 Å². The zero-order chi connectivity index (χ0) is 14.8. The van der Waals surface area contributed by atoms with E-state index in [0.717, 1.165) is 19.5 Å². The van der Waals surface area contributed by atoms with Crippen LogP contribution in [0.1, 0.15) is 12.0 Å². The standard InChI is InChI=1S/C15H23N3O2/c1-17(2)13-8-9-18(10-13)11-15(16,14(19)20)12-6-4-3-5-7-12/h3-7,13H,8-11,16H2,1-2H3,(H,19,20). The van der Waals surface area contributed by atoms with Crippen LogP contribution in [0.2, 0.25) is 0 Å². The van der Waals surface area contributed by atoms with Gasteiger partial charge in [0.1, 0.15) is 0 Å². The first-order valence-electron chi connectivity index (χ1n) is 6.90. The first-order valence-corrected chi connectivity index (χ1v) is 6.90. The molecule has 1 fully saturated rings. The van der Waals surface area contributed by atoms with Gasteiger partial charge in [-0.1, -0.05) is 30.3 Å². The molecule has 1 heterocycles. The van der Waals surface area contributed by atoms with Crippen LogP contribution < -0.4 is 5.73 Å². The van der Waals surface area contributed by atoms with Gasteiger partial charge >= 0.3 is 5.97 Å². The van der Waals surface area contributed by atoms with Gasteiger partial charge in [-0.25, -0.2) is 4.79 Å². The predicted octanol–water partition coefficient (Wildman–Crippen LogP) is 0.561. The summed E-state index contributed by atoms with van der Waals surface area (Å²) >= 11 is 0. The average molecular weight is 277 g/mol. The van der Waals surface area contributed by atoms with Crippen LogP contribution in [0.3, 0.4) is 0 Å². The van der Waals surface area contributed by atoms with Crippen molar-refractivity contribution in [2.45, 2.75) is 18.0 Å². The molecule has 5 heteroatoms. The number of hydrogen-bond acceptors (Lipinski definition) is 4. The van der Waals surface area contributed by atoms with Crippen LogP contribution in [0.4, 0.5) is 0 Å². The quantitative estimate of drug-likeness (QED) is 0.823. The molecule has 1 aliphatic rings. The minimum Gasteiger partial charge on any atom is -0.480 e. The summed E-state index contributed by atoms with van der Waals surface area (Å²) in [7, 11) is 4.11. The number of benzene rings is 1. The van der Waals surface area contributed by atoms with E-state index >= 15 is 0 Å². The van der Waals surface area contributed by atoms with Crippen LogP contribution in [0.5, 0.6) is 0 Å². The SMILES string of the molecule is CN(C)C1CCN(CC(N)(C(=O)O)c2ccccc2)C1. The summed E-state index contributed by atoms with van der Waals surface area (Å²) in [6.45, 7) is 2.10. The molecule has 20 heavy (non-hydrogen) atoms. The van der Waals surface area contributed by atoms with E-state index in [2.05, 4.69) is 23.9 Å². The summed E-state index contributed by atoms with van der Waals surface area (Å²) in [5.41, 5.74) is 5.52. The van der Waals surface area contributed by atoms with Crippen LogP contribution in [0, 0.1) is 0 Å². The van der Waals surface area contributed by atoms with Crippen LogP contribution in [-0.2, 0) is 10.3 Å². The first kappa shape index (κ1) is 15.0. The van der Waals surface area contributed by atoms with E-state index in [0.29, 0.717) is 18.2 Å². The highest BCUT2D eigenvalue weighted by molar-refractivity contribution is 5.80. The summed E-state index contributed by atoms with van der Waals surface area (Å²) in [6, 6.07) is 9.56. The van der Waals surface area contributed by atoms with E-state index < -0.39 is 11.5 Å². The van der Waals surface area contributed by atoms with Crippen LogP contribution in [0.15, 0.2) is 30.3 Å². The fourth-order valence-electron chi connectivity index (χ4n) is 2.75. The molecule has 0 aliphatic carbocycles. The van der Waals surface area contributed by atoms with Gasteiger partial charge in [0, 0.05) is 19.1 Å². The van der Waals surface area contributed by atoms with Crippen LogP contribution in [0.25, 0.3) is 0 Å². The topological polar surface area (TPSA) is 69.8 Å². The minimum atomic E-state index is -1.34. The van der Waals surface area contributed by atoms with E-state index in [-0.39, 0.29) is 0 Å². The second kappa shape index (κ2) is 5.91. The lowest BCUT2D eigenvalue weighted by atomic mass is 9.90. The number of carboxylic acids is 1. The fraction of sp³-hybridized carbons (Fsp3) is 0.533. The number of carbonyl (C=O) groups is 1. The van der Waals surface area contributed by atoms with Crippen molar-refractivity contribution in [1.29, 1.82) is 0 Å². The van der Waals surface area contributed by atoms with Crippen molar-refractivity contribution in [3.8, 4) is 0 Å². The first-order chi connectivity index (χ1) is 9.43. The molecule has 1 aromatic rings. The van der Waals surface area contributed by atoms with E-state index in [1.54, 1.807) is 12.1 Å². The molecule has 5 nitrogen and oxygen atoms in total. The van der Waals surface area contributed by atoms with Crippen molar-refractivity contribution in [2.24, 2.45) is 5.73 Å². The monoisotopic (exact) mass is 277 g/mol. The molecule has 0 radical (unpaired) electrons. The van der Waals surface area contributed by atoms with E-state index in [1.165, 1.54) is 0 Å². The molecule has 110 valence electrons. The Balaban J connectivity index is 2.13. The molecule has 1 saturated heterocycles. The maximum absolute atomic E-state index is 11.7. The molecule has 0 aromatic heterocycles. The molecular formula is C15H23N3O2. The zero-order valence-corrected chi connectivity index (χ0v) is 12.1. The molecule has 0 saturated carbocycles. The molecular weight excluding hydrogens is 254 g/mol. The molecule has 1 aliphatic heterocycles. The molecule has 2 atom stereocenters. The Morgan fingerprint density at radius 2 is 2.10 bits per heavy atom. The van der Waals surface area contributed by atoms with Crippen LogP contribution >= 0.6 is 0 Å². The molecule has 0 bridgehead atoms. The number of nitrogens with two attached hydrogens (primary N) is 1. The summed E-state index contributed by atoms with van der Waals surface area (Å²) in [5.74, 6) is -0.975. The van der Waals surface area contributed by atoms with Crippen molar-refractivity contribution >= 4 is 5.97 Å². The van der Waals surface area contributed by atoms with Gasteiger partial charge in [0.25, 0.3) is 0 Å². The van der Waals surface area contributed by atoms with Gasteiger partial charge in [-0.3, -0.25) is 4.90 Å². The molecule has 0 amide bonds. The summed E-state index contributed by atoms with van der Waals surface area (Å²) in [6.07, 6.45) is 1.05. The van der Waals surface area contributed by atoms with Crippen molar-refractivity contribution in [3.63, 3.8) is 0 Å². The number of aliphatic carboxylic acids is 1. The summed E-state index contributed by atoms with van der Waals surface area (Å²) in [4.78, 5) is 16.0. The van der Waals surface area contributed by atoms with Gasteiger partial charge in [0.15, 0.2) is 5.54 Å². The van der Waals surface area contributed by atoms with E-state index in [1.807, 2.05) is 18.2 Å². The summed E-state index contributed by atoms with van der Waals surface area (Å²) in [5, 5.41) is 9.56. The highest BCUT2D eigenvalue weighted by Crippen LogP contribution is 2.23. The maximum atomic E-state index is 11.7. The largest absolute Gasteiger partial charge is 0.480 e. The van der Waals surface area contributed by atoms with Crippen LogP contribution in [-0.4, -0.2) is 60.6 Å². The van der Waals surface area contributed by atoms with Crippen molar-refractivity contribution < 1.29 is 9.90 Å². The Morgan fingerprint density at radius 1 is 1.45 bits per heavy atom. The van der Waals surface area contributed by atoms with Crippen molar-refractivity contribution in [3.05, 3.63) is 35.9 Å². The zero-order valence-electron chi connectivity index (χ0n) is 12.1. The van der Waals surface area contributed by atoms with Gasteiger partial charge in [0.05, 0.1) is 0 Å². The number of hydrogen-bond donors (Lipinski definition) is 2. The van der Waals surface area contributed by atoms with Crippen molar-refractivity contribution in [2.75, 3.05) is 33.7 Å². The molecule has 2 unspecified atom stereocenters. The summed E-state index contributed by atoms with van der Waals surface area (Å²) < 4.78 is 0. The molecule has 2 rings (SSSR count). The third-order valence-electron chi connectivity index (χ3n) is 4.12. The van der Waals surface area contributed by atoms with Gasteiger partial charge < -0.3 is 15.7 Å². The normalized spacial score (nSPS) is 22.9. The molecule has 3 N–H and O–H groups in total. The third-order valence-corrected chi connectivity index (χ3v) is 4.12. The smallest absolute Gasteiger partial charge is 0.329 e. The number of carboxylic acid groups (broad SMARTS) is 1. The van der Waals surface area contributed by atoms with Gasteiger partial charge in [-0.05, 0) is 32.6 Å². The Kier molecular flexibility index (Phi) is 4.42. The highest BCUT2D eigenvalue weighted by Gasteiger charge is 2.39. The maximum Gasteiger partial charge on any atom is 0.329 e. The lowest BCUT2D eigenvalue weighted by Gasteiger charge is -2.30. The number of nitrogens with zero attached hydrogens (tertiary/aromatic N) is 2. The second-order valence-electron chi connectivity index (χ2n) is 5.78.